The molecule has 37 heavy (non-hydrogen) atoms. The van der Waals surface area contributed by atoms with Crippen molar-refractivity contribution in [1.29, 1.82) is 0 Å². The standard InChI is InChI=1S/C30H49N3O4/c1-5-7-16-31-28(35)23(4)20-27(34)26-19-22(3)13-10-8-9-11-18-33(17-6-2)30(37)25-15-12-14-24(21-25)29(36)32-26/h12,14-15,21-23,26-27,34H,5-11,13,16-20H2,1-4H3,(H,31,35)(H,32,36)/t22-,23-,26+,27+/m1/s1. The van der Waals surface area contributed by atoms with Gasteiger partial charge in [0.15, 0.2) is 0 Å². The molecule has 1 aromatic rings. The Morgan fingerprint density at radius 1 is 1.14 bits per heavy atom. The van der Waals surface area contributed by atoms with Gasteiger partial charge in [-0.1, -0.05) is 65.9 Å². The summed E-state index contributed by atoms with van der Waals surface area (Å²) in [5, 5.41) is 17.1. The van der Waals surface area contributed by atoms with Crippen molar-refractivity contribution in [2.75, 3.05) is 19.6 Å². The molecule has 0 unspecified atom stereocenters. The van der Waals surface area contributed by atoms with E-state index in [1.165, 1.54) is 0 Å². The fourth-order valence-electron chi connectivity index (χ4n) is 5.02. The highest BCUT2D eigenvalue weighted by atomic mass is 16.3. The van der Waals surface area contributed by atoms with Crippen molar-refractivity contribution < 1.29 is 19.5 Å². The summed E-state index contributed by atoms with van der Waals surface area (Å²) in [7, 11) is 0. The number of nitrogens with zero attached hydrogens (tertiary/aromatic N) is 1. The number of rotatable bonds is 9. The highest BCUT2D eigenvalue weighted by Crippen LogP contribution is 2.21. The van der Waals surface area contributed by atoms with Crippen LogP contribution in [-0.2, 0) is 4.79 Å². The molecule has 0 aromatic heterocycles. The Morgan fingerprint density at radius 3 is 2.59 bits per heavy atom. The number of hydrogen-bond donors (Lipinski definition) is 3. The molecule has 1 heterocycles. The summed E-state index contributed by atoms with van der Waals surface area (Å²) < 4.78 is 0. The number of benzene rings is 1. The van der Waals surface area contributed by atoms with Gasteiger partial charge in [0.25, 0.3) is 11.8 Å². The summed E-state index contributed by atoms with van der Waals surface area (Å²) in [4.78, 5) is 40.9. The molecule has 1 aromatic carbocycles. The summed E-state index contributed by atoms with van der Waals surface area (Å²) in [5.74, 6) is -0.448. The van der Waals surface area contributed by atoms with Crippen molar-refractivity contribution in [2.45, 2.75) is 104 Å². The van der Waals surface area contributed by atoms with E-state index in [1.54, 1.807) is 24.3 Å². The molecule has 0 saturated carbocycles. The average Bonchev–Trinajstić information content (AvgIpc) is 2.88. The molecular weight excluding hydrogens is 466 g/mol. The molecule has 0 radical (unpaired) electrons. The van der Waals surface area contributed by atoms with Crippen LogP contribution in [0.2, 0.25) is 0 Å². The molecule has 0 aliphatic carbocycles. The molecule has 0 spiro atoms. The Bertz CT molecular complexity index is 859. The lowest BCUT2D eigenvalue weighted by atomic mass is 9.89. The first-order valence-electron chi connectivity index (χ1n) is 14.4. The number of amides is 3. The number of hydrogen-bond acceptors (Lipinski definition) is 4. The van der Waals surface area contributed by atoms with Crippen LogP contribution in [-0.4, -0.2) is 59.5 Å². The van der Waals surface area contributed by atoms with Crippen LogP contribution < -0.4 is 10.6 Å². The lowest BCUT2D eigenvalue weighted by Crippen LogP contribution is -2.46. The number of aliphatic hydroxyl groups excluding tert-OH is 1. The van der Waals surface area contributed by atoms with E-state index in [1.807, 2.05) is 11.8 Å². The second-order valence-electron chi connectivity index (χ2n) is 10.8. The molecule has 3 N–H and O–H groups in total. The molecule has 2 bridgehead atoms. The third-order valence-corrected chi connectivity index (χ3v) is 7.34. The van der Waals surface area contributed by atoms with Gasteiger partial charge in [0, 0.05) is 36.7 Å². The fourth-order valence-corrected chi connectivity index (χ4v) is 5.02. The van der Waals surface area contributed by atoms with Crippen LogP contribution in [0.3, 0.4) is 0 Å². The first-order valence-corrected chi connectivity index (χ1v) is 14.4. The van der Waals surface area contributed by atoms with E-state index in [0.717, 1.165) is 57.9 Å². The van der Waals surface area contributed by atoms with E-state index in [-0.39, 0.29) is 30.1 Å². The van der Waals surface area contributed by atoms with Gasteiger partial charge < -0.3 is 20.6 Å². The van der Waals surface area contributed by atoms with Crippen LogP contribution in [0.4, 0.5) is 0 Å². The first kappa shape index (κ1) is 30.8. The molecule has 1 aliphatic rings. The number of nitrogens with one attached hydrogen (secondary N) is 2. The van der Waals surface area contributed by atoms with E-state index in [4.69, 9.17) is 0 Å². The third-order valence-electron chi connectivity index (χ3n) is 7.34. The molecule has 0 fully saturated rings. The summed E-state index contributed by atoms with van der Waals surface area (Å²) in [6, 6.07) is 6.39. The van der Waals surface area contributed by atoms with Crippen molar-refractivity contribution in [3.8, 4) is 0 Å². The number of fused-ring (bicyclic) bond motifs is 2. The molecular formula is C30H49N3O4. The van der Waals surface area contributed by atoms with Gasteiger partial charge in [0.2, 0.25) is 5.91 Å². The lowest BCUT2D eigenvalue weighted by molar-refractivity contribution is -0.125. The van der Waals surface area contributed by atoms with E-state index in [2.05, 4.69) is 31.4 Å². The monoisotopic (exact) mass is 515 g/mol. The van der Waals surface area contributed by atoms with Crippen molar-refractivity contribution >= 4 is 17.7 Å². The third kappa shape index (κ3) is 10.5. The highest BCUT2D eigenvalue weighted by Gasteiger charge is 2.28. The van der Waals surface area contributed by atoms with Crippen molar-refractivity contribution in [3.05, 3.63) is 35.4 Å². The van der Waals surface area contributed by atoms with Gasteiger partial charge in [-0.15, -0.1) is 0 Å². The van der Waals surface area contributed by atoms with Crippen molar-refractivity contribution in [1.82, 2.24) is 15.5 Å². The maximum atomic E-state index is 13.3. The van der Waals surface area contributed by atoms with Crippen LogP contribution >= 0.6 is 0 Å². The zero-order valence-corrected chi connectivity index (χ0v) is 23.4. The number of aliphatic hydroxyl groups is 1. The zero-order valence-electron chi connectivity index (χ0n) is 23.4. The van der Waals surface area contributed by atoms with Gasteiger partial charge in [-0.25, -0.2) is 0 Å². The van der Waals surface area contributed by atoms with Gasteiger partial charge in [-0.2, -0.15) is 0 Å². The van der Waals surface area contributed by atoms with Gasteiger partial charge in [0.1, 0.15) is 0 Å². The van der Waals surface area contributed by atoms with Crippen LogP contribution in [0.5, 0.6) is 0 Å². The summed E-state index contributed by atoms with van der Waals surface area (Å²) >= 11 is 0. The molecule has 0 saturated heterocycles. The van der Waals surface area contributed by atoms with Crippen LogP contribution in [0, 0.1) is 11.8 Å². The first-order chi connectivity index (χ1) is 17.8. The van der Waals surface area contributed by atoms with Gasteiger partial charge in [-0.05, 0) is 56.2 Å². The Labute approximate surface area is 223 Å². The molecule has 3 amide bonds. The minimum absolute atomic E-state index is 0.0447. The Kier molecular flexibility index (Phi) is 13.7. The predicted octanol–water partition coefficient (Wildman–Crippen LogP) is 4.93. The minimum Gasteiger partial charge on any atom is -0.391 e. The summed E-state index contributed by atoms with van der Waals surface area (Å²) in [6.45, 7) is 10.2. The largest absolute Gasteiger partial charge is 0.391 e. The maximum Gasteiger partial charge on any atom is 0.253 e. The Balaban J connectivity index is 2.22. The van der Waals surface area contributed by atoms with E-state index in [0.29, 0.717) is 36.6 Å². The Hall–Kier alpha value is -2.41. The van der Waals surface area contributed by atoms with Crippen LogP contribution in [0.15, 0.2) is 24.3 Å². The second-order valence-corrected chi connectivity index (χ2v) is 10.8. The van der Waals surface area contributed by atoms with Gasteiger partial charge >= 0.3 is 0 Å². The second kappa shape index (κ2) is 16.4. The molecule has 7 heteroatoms. The van der Waals surface area contributed by atoms with Crippen molar-refractivity contribution in [2.24, 2.45) is 11.8 Å². The van der Waals surface area contributed by atoms with Crippen LogP contribution in [0.25, 0.3) is 0 Å². The highest BCUT2D eigenvalue weighted by molar-refractivity contribution is 5.99. The smallest absolute Gasteiger partial charge is 0.253 e. The molecule has 7 nitrogen and oxygen atoms in total. The SMILES string of the molecule is CCCCNC(=O)[C@H](C)C[C@H](O)[C@@H]1C[C@H](C)CCCCCCN(CCC)C(=O)c2cccc(c2)C(=O)N1. The maximum absolute atomic E-state index is 13.3. The topological polar surface area (TPSA) is 98.7 Å². The number of carbonyl (C=O) groups is 3. The predicted molar refractivity (Wildman–Crippen MR) is 148 cm³/mol. The van der Waals surface area contributed by atoms with Crippen molar-refractivity contribution in [3.63, 3.8) is 0 Å². The van der Waals surface area contributed by atoms with E-state index >= 15 is 0 Å². The van der Waals surface area contributed by atoms with Gasteiger partial charge in [-0.3, -0.25) is 14.4 Å². The Morgan fingerprint density at radius 2 is 1.86 bits per heavy atom. The van der Waals surface area contributed by atoms with E-state index in [9.17, 15) is 19.5 Å². The summed E-state index contributed by atoms with van der Waals surface area (Å²) in [6.07, 6.45) is 8.13. The molecule has 1 aliphatic heterocycles. The quantitative estimate of drug-likeness (QED) is 0.406. The average molecular weight is 516 g/mol. The zero-order chi connectivity index (χ0) is 27.2. The number of carbonyl (C=O) groups excluding carboxylic acids is 3. The lowest BCUT2D eigenvalue weighted by Gasteiger charge is -2.29. The fraction of sp³-hybridized carbons (Fsp3) is 0.700. The normalized spacial score (nSPS) is 21.7. The molecule has 208 valence electrons. The molecule has 4 atom stereocenters. The minimum atomic E-state index is -0.845. The van der Waals surface area contributed by atoms with Gasteiger partial charge in [0.05, 0.1) is 12.1 Å². The van der Waals surface area contributed by atoms with Crippen LogP contribution in [0.1, 0.15) is 113 Å². The number of unbranched alkanes of at least 4 members (excludes halogenated alkanes) is 1. The molecule has 2 rings (SSSR count). The summed E-state index contributed by atoms with van der Waals surface area (Å²) in [5.41, 5.74) is 0.917. The van der Waals surface area contributed by atoms with E-state index < -0.39 is 12.1 Å².